The normalized spacial score (nSPS) is 25.5. The first kappa shape index (κ1) is 12.4. The molecule has 1 fully saturated rings. The third-order valence-corrected chi connectivity index (χ3v) is 4.04. The van der Waals surface area contributed by atoms with Gasteiger partial charge in [0.05, 0.1) is 6.54 Å². The molecule has 3 rings (SSSR count). The molecule has 2 aliphatic heterocycles. The summed E-state index contributed by atoms with van der Waals surface area (Å²) in [6, 6.07) is 5.09. The van der Waals surface area contributed by atoms with Crippen molar-refractivity contribution in [1.82, 2.24) is 15.5 Å². The van der Waals surface area contributed by atoms with Crippen molar-refractivity contribution in [2.45, 2.75) is 26.1 Å². The molecule has 0 bridgehead atoms. The minimum Gasteiger partial charge on any atom is -0.334 e. The summed E-state index contributed by atoms with van der Waals surface area (Å²) in [6.45, 7) is 4.71. The van der Waals surface area contributed by atoms with Gasteiger partial charge in [0, 0.05) is 24.7 Å². The molecule has 2 heterocycles. The molecule has 0 saturated carbocycles. The molecule has 2 atom stereocenters. The van der Waals surface area contributed by atoms with E-state index < -0.39 is 0 Å². The van der Waals surface area contributed by atoms with Crippen LogP contribution in [0, 0.1) is 11.7 Å². The largest absolute Gasteiger partial charge is 0.334 e. The van der Waals surface area contributed by atoms with Crippen LogP contribution < -0.4 is 10.6 Å². The minimum absolute atomic E-state index is 0.101. The average molecular weight is 263 g/mol. The van der Waals surface area contributed by atoms with E-state index in [-0.39, 0.29) is 17.9 Å². The number of fused-ring (bicyclic) bond motifs is 1. The topological polar surface area (TPSA) is 44.4 Å². The van der Waals surface area contributed by atoms with E-state index in [0.717, 1.165) is 18.7 Å². The summed E-state index contributed by atoms with van der Waals surface area (Å²) in [5.74, 6) is 0.217. The molecule has 1 aromatic rings. The van der Waals surface area contributed by atoms with Crippen LogP contribution >= 0.6 is 0 Å². The van der Waals surface area contributed by atoms with E-state index in [1.54, 1.807) is 11.0 Å². The molecule has 2 amide bonds. The van der Waals surface area contributed by atoms with Crippen LogP contribution in [0.15, 0.2) is 18.2 Å². The lowest BCUT2D eigenvalue weighted by Gasteiger charge is -2.22. The number of nitrogens with one attached hydrogen (secondary N) is 2. The number of rotatable bonds is 1. The second-order valence-electron chi connectivity index (χ2n) is 5.43. The van der Waals surface area contributed by atoms with Crippen LogP contribution in [0.4, 0.5) is 9.18 Å². The summed E-state index contributed by atoms with van der Waals surface area (Å²) in [5, 5.41) is 6.28. The first-order chi connectivity index (χ1) is 9.15. The monoisotopic (exact) mass is 263 g/mol. The van der Waals surface area contributed by atoms with Crippen molar-refractivity contribution < 1.29 is 9.18 Å². The van der Waals surface area contributed by atoms with E-state index in [4.69, 9.17) is 0 Å². The number of benzene rings is 1. The molecule has 0 aromatic heterocycles. The standard InChI is InChI=1S/C14H18FN3O/c1-9-5-16-6-13(9)17-14(19)18-7-10-3-2-4-12(15)11(10)8-18/h2-4,9,13,16H,5-8H2,1H3,(H,17,19)/t9-,13-/m0/s1. The van der Waals surface area contributed by atoms with E-state index in [1.165, 1.54) is 6.07 Å². The number of carbonyl (C=O) groups is 1. The Labute approximate surface area is 112 Å². The van der Waals surface area contributed by atoms with Crippen LogP contribution in [0.2, 0.25) is 0 Å². The van der Waals surface area contributed by atoms with Crippen LogP contribution in [0.5, 0.6) is 0 Å². The zero-order chi connectivity index (χ0) is 13.4. The summed E-state index contributed by atoms with van der Waals surface area (Å²) < 4.78 is 13.6. The van der Waals surface area contributed by atoms with Gasteiger partial charge in [0.1, 0.15) is 5.82 Å². The molecule has 1 aromatic carbocycles. The lowest BCUT2D eigenvalue weighted by molar-refractivity contribution is 0.192. The second-order valence-corrected chi connectivity index (χ2v) is 5.43. The van der Waals surface area contributed by atoms with Crippen molar-refractivity contribution >= 4 is 6.03 Å². The lowest BCUT2D eigenvalue weighted by atomic mass is 10.1. The van der Waals surface area contributed by atoms with Gasteiger partial charge in [-0.3, -0.25) is 0 Å². The highest BCUT2D eigenvalue weighted by Gasteiger charge is 2.29. The molecule has 4 nitrogen and oxygen atoms in total. The highest BCUT2D eigenvalue weighted by atomic mass is 19.1. The second kappa shape index (κ2) is 4.81. The fourth-order valence-corrected chi connectivity index (χ4v) is 2.78. The predicted octanol–water partition coefficient (Wildman–Crippen LogP) is 1.46. The van der Waals surface area contributed by atoms with Gasteiger partial charge in [0.25, 0.3) is 0 Å². The molecule has 2 N–H and O–H groups in total. The van der Waals surface area contributed by atoms with Crippen molar-refractivity contribution in [2.24, 2.45) is 5.92 Å². The number of urea groups is 1. The molecule has 1 saturated heterocycles. The maximum absolute atomic E-state index is 13.6. The Morgan fingerprint density at radius 1 is 1.42 bits per heavy atom. The molecule has 2 aliphatic rings. The van der Waals surface area contributed by atoms with Crippen molar-refractivity contribution in [2.75, 3.05) is 13.1 Å². The minimum atomic E-state index is -0.219. The van der Waals surface area contributed by atoms with Crippen LogP contribution in [0.3, 0.4) is 0 Å². The highest BCUT2D eigenvalue weighted by molar-refractivity contribution is 5.75. The molecule has 102 valence electrons. The number of nitrogens with zero attached hydrogens (tertiary/aromatic N) is 1. The number of halogens is 1. The molecule has 0 spiro atoms. The Kier molecular flexibility index (Phi) is 3.14. The predicted molar refractivity (Wildman–Crippen MR) is 70.0 cm³/mol. The maximum atomic E-state index is 13.6. The third-order valence-electron chi connectivity index (χ3n) is 4.04. The summed E-state index contributed by atoms with van der Waals surface area (Å²) in [7, 11) is 0. The summed E-state index contributed by atoms with van der Waals surface area (Å²) in [5.41, 5.74) is 1.56. The van der Waals surface area contributed by atoms with Crippen LogP contribution in [-0.2, 0) is 13.1 Å². The molecular formula is C14H18FN3O. The molecule has 19 heavy (non-hydrogen) atoms. The van der Waals surface area contributed by atoms with Crippen LogP contribution in [0.1, 0.15) is 18.1 Å². The Hall–Kier alpha value is -1.62. The number of hydrogen-bond acceptors (Lipinski definition) is 2. The van der Waals surface area contributed by atoms with E-state index in [9.17, 15) is 9.18 Å². The van der Waals surface area contributed by atoms with Crippen molar-refractivity contribution in [3.63, 3.8) is 0 Å². The van der Waals surface area contributed by atoms with Crippen molar-refractivity contribution in [3.05, 3.63) is 35.1 Å². The van der Waals surface area contributed by atoms with Gasteiger partial charge in [0.15, 0.2) is 0 Å². The molecule has 0 radical (unpaired) electrons. The Balaban J connectivity index is 1.66. The fourth-order valence-electron chi connectivity index (χ4n) is 2.78. The number of carbonyl (C=O) groups excluding carboxylic acids is 1. The molecule has 0 aliphatic carbocycles. The Morgan fingerprint density at radius 3 is 2.95 bits per heavy atom. The fraction of sp³-hybridized carbons (Fsp3) is 0.500. The smallest absolute Gasteiger partial charge is 0.318 e. The summed E-state index contributed by atoms with van der Waals surface area (Å²) in [4.78, 5) is 13.9. The zero-order valence-corrected chi connectivity index (χ0v) is 10.9. The van der Waals surface area contributed by atoms with Gasteiger partial charge in [0.2, 0.25) is 0 Å². The van der Waals surface area contributed by atoms with E-state index in [2.05, 4.69) is 17.6 Å². The van der Waals surface area contributed by atoms with Crippen molar-refractivity contribution in [1.29, 1.82) is 0 Å². The van der Waals surface area contributed by atoms with Gasteiger partial charge in [-0.2, -0.15) is 0 Å². The van der Waals surface area contributed by atoms with Crippen LogP contribution in [-0.4, -0.2) is 30.1 Å². The lowest BCUT2D eigenvalue weighted by Crippen LogP contribution is -2.45. The first-order valence-electron chi connectivity index (χ1n) is 6.67. The molecule has 0 unspecified atom stereocenters. The van der Waals surface area contributed by atoms with Gasteiger partial charge in [-0.15, -0.1) is 0 Å². The Bertz CT molecular complexity index is 505. The van der Waals surface area contributed by atoms with Gasteiger partial charge in [-0.1, -0.05) is 19.1 Å². The third kappa shape index (κ3) is 2.30. The summed E-state index contributed by atoms with van der Waals surface area (Å²) in [6.07, 6.45) is 0. The molecular weight excluding hydrogens is 245 g/mol. The van der Waals surface area contributed by atoms with Gasteiger partial charge in [-0.25, -0.2) is 9.18 Å². The van der Waals surface area contributed by atoms with Crippen LogP contribution in [0.25, 0.3) is 0 Å². The van der Waals surface area contributed by atoms with E-state index in [1.807, 2.05) is 6.07 Å². The van der Waals surface area contributed by atoms with Gasteiger partial charge in [-0.05, 0) is 24.1 Å². The SMILES string of the molecule is C[C@H]1CNC[C@@H]1NC(=O)N1Cc2cccc(F)c2C1. The first-order valence-corrected chi connectivity index (χ1v) is 6.67. The number of hydrogen-bond donors (Lipinski definition) is 2. The van der Waals surface area contributed by atoms with Gasteiger partial charge < -0.3 is 15.5 Å². The quantitative estimate of drug-likeness (QED) is 0.805. The maximum Gasteiger partial charge on any atom is 0.318 e. The Morgan fingerprint density at radius 2 is 2.26 bits per heavy atom. The zero-order valence-electron chi connectivity index (χ0n) is 10.9. The highest BCUT2D eigenvalue weighted by Crippen LogP contribution is 2.25. The summed E-state index contributed by atoms with van der Waals surface area (Å²) >= 11 is 0. The number of amides is 2. The van der Waals surface area contributed by atoms with E-state index in [0.29, 0.717) is 24.6 Å². The average Bonchev–Trinajstić information content (AvgIpc) is 2.97. The van der Waals surface area contributed by atoms with Crippen molar-refractivity contribution in [3.8, 4) is 0 Å². The van der Waals surface area contributed by atoms with Gasteiger partial charge >= 0.3 is 6.03 Å². The van der Waals surface area contributed by atoms with E-state index >= 15 is 0 Å². The molecule has 5 heteroatoms.